The molecule has 0 amide bonds. The number of anilines is 1. The summed E-state index contributed by atoms with van der Waals surface area (Å²) >= 11 is 18.1. The van der Waals surface area contributed by atoms with Gasteiger partial charge >= 0.3 is 0 Å². The summed E-state index contributed by atoms with van der Waals surface area (Å²) in [6.07, 6.45) is 1.57. The summed E-state index contributed by atoms with van der Waals surface area (Å²) in [5.41, 5.74) is 3.55. The lowest BCUT2D eigenvalue weighted by atomic mass is 10.2. The number of rotatable bonds is 3. The number of nitrogens with zero attached hydrogens (tertiary/aromatic N) is 3. The van der Waals surface area contributed by atoms with Gasteiger partial charge in [0.05, 0.1) is 16.3 Å². The van der Waals surface area contributed by atoms with Gasteiger partial charge in [0, 0.05) is 16.3 Å². The molecule has 110 valence electrons. The summed E-state index contributed by atoms with van der Waals surface area (Å²) in [5, 5.41) is 14.9. The molecule has 0 saturated carbocycles. The molecule has 1 N–H and O–H groups in total. The molecule has 4 nitrogen and oxygen atoms in total. The van der Waals surface area contributed by atoms with Crippen molar-refractivity contribution in [2.45, 2.75) is 0 Å². The van der Waals surface area contributed by atoms with Crippen molar-refractivity contribution in [1.82, 2.24) is 10.2 Å². The molecule has 1 heterocycles. The van der Waals surface area contributed by atoms with Crippen molar-refractivity contribution in [3.63, 3.8) is 0 Å². The average Bonchev–Trinajstić information content (AvgIpc) is 2.54. The maximum absolute atomic E-state index is 6.09. The fourth-order valence-electron chi connectivity index (χ4n) is 1.94. The summed E-state index contributed by atoms with van der Waals surface area (Å²) in [6, 6.07) is 12.9. The standard InChI is InChI=1S/C15H9Cl3N4/c16-12-7-3-4-9(13(12)17)8-19-21-15-11-6-2-1-5-10(11)14(18)20-22-15/h1-8H,(H,21,22). The van der Waals surface area contributed by atoms with E-state index >= 15 is 0 Å². The summed E-state index contributed by atoms with van der Waals surface area (Å²) < 4.78 is 0. The Morgan fingerprint density at radius 2 is 1.68 bits per heavy atom. The number of aromatic nitrogens is 2. The summed E-state index contributed by atoms with van der Waals surface area (Å²) in [5.74, 6) is 0.509. The third-order valence-corrected chi connectivity index (χ3v) is 4.11. The molecule has 0 aliphatic heterocycles. The molecule has 1 aromatic heterocycles. The van der Waals surface area contributed by atoms with Gasteiger partial charge in [-0.3, -0.25) is 5.43 Å². The van der Waals surface area contributed by atoms with Gasteiger partial charge in [-0.25, -0.2) is 0 Å². The lowest BCUT2D eigenvalue weighted by Gasteiger charge is -2.05. The van der Waals surface area contributed by atoms with E-state index in [-0.39, 0.29) is 0 Å². The smallest absolute Gasteiger partial charge is 0.176 e. The summed E-state index contributed by atoms with van der Waals surface area (Å²) in [4.78, 5) is 0. The van der Waals surface area contributed by atoms with Gasteiger partial charge in [-0.1, -0.05) is 71.2 Å². The van der Waals surface area contributed by atoms with Gasteiger partial charge in [0.2, 0.25) is 0 Å². The Hall–Kier alpha value is -1.88. The van der Waals surface area contributed by atoms with Crippen molar-refractivity contribution in [2.75, 3.05) is 5.43 Å². The predicted molar refractivity (Wildman–Crippen MR) is 92.2 cm³/mol. The number of hydrogen-bond donors (Lipinski definition) is 1. The number of nitrogens with one attached hydrogen (secondary N) is 1. The van der Waals surface area contributed by atoms with Gasteiger partial charge in [0.1, 0.15) is 0 Å². The van der Waals surface area contributed by atoms with Crippen LogP contribution in [-0.2, 0) is 0 Å². The van der Waals surface area contributed by atoms with Crippen molar-refractivity contribution >= 4 is 57.6 Å². The SMILES string of the molecule is Clc1cccc(C=NNc2nnc(Cl)c3ccccc23)c1Cl. The molecule has 3 aromatic rings. The molecule has 0 aliphatic carbocycles. The lowest BCUT2D eigenvalue weighted by molar-refractivity contribution is 1.04. The number of halogens is 3. The van der Waals surface area contributed by atoms with E-state index in [9.17, 15) is 0 Å². The molecule has 0 radical (unpaired) electrons. The second-order valence-corrected chi connectivity index (χ2v) is 5.54. The molecule has 0 fully saturated rings. The van der Waals surface area contributed by atoms with Gasteiger partial charge in [0.25, 0.3) is 0 Å². The van der Waals surface area contributed by atoms with Crippen molar-refractivity contribution in [2.24, 2.45) is 5.10 Å². The van der Waals surface area contributed by atoms with Gasteiger partial charge in [-0.05, 0) is 6.07 Å². The van der Waals surface area contributed by atoms with Crippen LogP contribution in [0.15, 0.2) is 47.6 Å². The van der Waals surface area contributed by atoms with Gasteiger partial charge in [-0.15, -0.1) is 10.2 Å². The minimum atomic E-state index is 0.350. The maximum atomic E-state index is 6.09. The second-order valence-electron chi connectivity index (χ2n) is 4.40. The molecule has 7 heteroatoms. The van der Waals surface area contributed by atoms with E-state index in [1.54, 1.807) is 18.3 Å². The third kappa shape index (κ3) is 2.99. The monoisotopic (exact) mass is 350 g/mol. The van der Waals surface area contributed by atoms with E-state index in [1.165, 1.54) is 0 Å². The van der Waals surface area contributed by atoms with E-state index in [2.05, 4.69) is 20.7 Å². The van der Waals surface area contributed by atoms with E-state index in [1.807, 2.05) is 30.3 Å². The molecule has 0 unspecified atom stereocenters. The first kappa shape index (κ1) is 15.0. The molecular weight excluding hydrogens is 343 g/mol. The first-order chi connectivity index (χ1) is 10.7. The molecule has 0 aliphatic rings. The third-order valence-electron chi connectivity index (χ3n) is 3.00. The van der Waals surface area contributed by atoms with Crippen molar-refractivity contribution in [3.05, 3.63) is 63.2 Å². The summed E-state index contributed by atoms with van der Waals surface area (Å²) in [6.45, 7) is 0. The molecule has 0 bridgehead atoms. The Bertz CT molecular complexity index is 865. The minimum absolute atomic E-state index is 0.350. The van der Waals surface area contributed by atoms with Gasteiger partial charge in [-0.2, -0.15) is 5.10 Å². The fraction of sp³-hybridized carbons (Fsp3) is 0. The van der Waals surface area contributed by atoms with E-state index < -0.39 is 0 Å². The van der Waals surface area contributed by atoms with Crippen molar-refractivity contribution < 1.29 is 0 Å². The van der Waals surface area contributed by atoms with Crippen LogP contribution in [0.2, 0.25) is 15.2 Å². The Kier molecular flexibility index (Phi) is 4.43. The first-order valence-corrected chi connectivity index (χ1v) is 7.44. The zero-order valence-corrected chi connectivity index (χ0v) is 13.4. The van der Waals surface area contributed by atoms with Crippen LogP contribution in [0, 0.1) is 0 Å². The van der Waals surface area contributed by atoms with Crippen molar-refractivity contribution in [1.29, 1.82) is 0 Å². The van der Waals surface area contributed by atoms with Crippen LogP contribution in [0.3, 0.4) is 0 Å². The van der Waals surface area contributed by atoms with Gasteiger partial charge < -0.3 is 0 Å². The Morgan fingerprint density at radius 1 is 0.909 bits per heavy atom. The van der Waals surface area contributed by atoms with E-state index in [0.29, 0.717) is 26.6 Å². The van der Waals surface area contributed by atoms with Crippen LogP contribution in [0.1, 0.15) is 5.56 Å². The van der Waals surface area contributed by atoms with E-state index in [4.69, 9.17) is 34.8 Å². The normalized spacial score (nSPS) is 11.2. The Balaban J connectivity index is 1.90. The zero-order valence-electron chi connectivity index (χ0n) is 11.1. The van der Waals surface area contributed by atoms with Crippen LogP contribution in [-0.4, -0.2) is 16.4 Å². The zero-order chi connectivity index (χ0) is 15.5. The number of fused-ring (bicyclic) bond motifs is 1. The van der Waals surface area contributed by atoms with E-state index in [0.717, 1.165) is 10.8 Å². The minimum Gasteiger partial charge on any atom is -0.259 e. The fourth-order valence-corrected chi connectivity index (χ4v) is 2.50. The second kappa shape index (κ2) is 6.48. The Labute approximate surface area is 141 Å². The molecule has 22 heavy (non-hydrogen) atoms. The van der Waals surface area contributed by atoms with Crippen LogP contribution < -0.4 is 5.43 Å². The van der Waals surface area contributed by atoms with Crippen LogP contribution in [0.4, 0.5) is 5.82 Å². The highest BCUT2D eigenvalue weighted by molar-refractivity contribution is 6.43. The van der Waals surface area contributed by atoms with Gasteiger partial charge in [0.15, 0.2) is 11.0 Å². The number of hydrogen-bond acceptors (Lipinski definition) is 4. The first-order valence-electron chi connectivity index (χ1n) is 6.31. The molecular formula is C15H9Cl3N4. The molecule has 2 aromatic carbocycles. The van der Waals surface area contributed by atoms with Crippen LogP contribution in [0.25, 0.3) is 10.8 Å². The highest BCUT2D eigenvalue weighted by Gasteiger charge is 2.06. The molecule has 0 atom stereocenters. The average molecular weight is 352 g/mol. The predicted octanol–water partition coefficient (Wildman–Crippen LogP) is 5.04. The highest BCUT2D eigenvalue weighted by atomic mass is 35.5. The Morgan fingerprint density at radius 3 is 2.50 bits per heavy atom. The molecule has 0 saturated heterocycles. The largest absolute Gasteiger partial charge is 0.259 e. The van der Waals surface area contributed by atoms with Crippen LogP contribution >= 0.6 is 34.8 Å². The lowest BCUT2D eigenvalue weighted by Crippen LogP contribution is -1.97. The molecule has 0 spiro atoms. The summed E-state index contributed by atoms with van der Waals surface area (Å²) in [7, 11) is 0. The quantitative estimate of drug-likeness (QED) is 0.531. The topological polar surface area (TPSA) is 50.2 Å². The van der Waals surface area contributed by atoms with Crippen LogP contribution in [0.5, 0.6) is 0 Å². The van der Waals surface area contributed by atoms with Crippen molar-refractivity contribution in [3.8, 4) is 0 Å². The molecule has 3 rings (SSSR count). The number of hydrazone groups is 1. The highest BCUT2D eigenvalue weighted by Crippen LogP contribution is 2.26. The number of benzene rings is 2. The maximum Gasteiger partial charge on any atom is 0.176 e.